The second-order valence-corrected chi connectivity index (χ2v) is 8.13. The number of hydrazine groups is 1. The number of hydrogen-bond donors (Lipinski definition) is 2. The number of carbonyl (C=O) groups is 1. The highest BCUT2D eigenvalue weighted by atomic mass is 19.4. The third kappa shape index (κ3) is 4.30. The van der Waals surface area contributed by atoms with Crippen LogP contribution >= 0.6 is 0 Å². The van der Waals surface area contributed by atoms with Crippen LogP contribution in [0.2, 0.25) is 0 Å². The average Bonchev–Trinajstić information content (AvgIpc) is 3.35. The number of alkyl halides is 3. The minimum Gasteiger partial charge on any atom is -0.354 e. The summed E-state index contributed by atoms with van der Waals surface area (Å²) < 4.78 is 40.0. The summed E-state index contributed by atoms with van der Waals surface area (Å²) in [6, 6.07) is 3.98. The van der Waals surface area contributed by atoms with Crippen molar-refractivity contribution >= 4 is 23.4 Å². The molecule has 0 spiro atoms. The molecule has 1 aliphatic carbocycles. The zero-order valence-corrected chi connectivity index (χ0v) is 17.5. The Morgan fingerprint density at radius 3 is 2.77 bits per heavy atom. The van der Waals surface area contributed by atoms with Gasteiger partial charge in [-0.1, -0.05) is 6.07 Å². The monoisotopic (exact) mass is 434 g/mol. The summed E-state index contributed by atoms with van der Waals surface area (Å²) in [5.41, 5.74) is 1.49. The van der Waals surface area contributed by atoms with Gasteiger partial charge in [-0.05, 0) is 50.3 Å². The lowest BCUT2D eigenvalue weighted by Gasteiger charge is -2.24. The smallest absolute Gasteiger partial charge is 0.354 e. The molecule has 1 amide bonds. The second kappa shape index (κ2) is 7.99. The van der Waals surface area contributed by atoms with Crippen molar-refractivity contribution in [2.75, 3.05) is 23.0 Å². The van der Waals surface area contributed by atoms with Crippen molar-refractivity contribution in [2.45, 2.75) is 51.7 Å². The molecule has 1 aliphatic heterocycles. The van der Waals surface area contributed by atoms with E-state index < -0.39 is 11.7 Å². The molecule has 0 radical (unpaired) electrons. The summed E-state index contributed by atoms with van der Waals surface area (Å²) in [4.78, 5) is 22.7. The van der Waals surface area contributed by atoms with Crippen LogP contribution in [0, 0.1) is 6.92 Å². The van der Waals surface area contributed by atoms with Gasteiger partial charge in [-0.2, -0.15) is 18.2 Å². The lowest BCUT2D eigenvalue weighted by molar-refractivity contribution is -0.138. The minimum absolute atomic E-state index is 0.0355. The van der Waals surface area contributed by atoms with Crippen molar-refractivity contribution in [3.63, 3.8) is 0 Å². The molecule has 1 aromatic carbocycles. The van der Waals surface area contributed by atoms with E-state index in [-0.39, 0.29) is 29.1 Å². The summed E-state index contributed by atoms with van der Waals surface area (Å²) in [5.74, 6) is 7.04. The van der Waals surface area contributed by atoms with Gasteiger partial charge < -0.3 is 10.2 Å². The Bertz CT molecular complexity index is 1010. The Morgan fingerprint density at radius 1 is 1.29 bits per heavy atom. The van der Waals surface area contributed by atoms with Crippen molar-refractivity contribution in [1.82, 2.24) is 15.3 Å². The molecule has 166 valence electrons. The summed E-state index contributed by atoms with van der Waals surface area (Å²) in [6.45, 7) is 4.25. The Balaban J connectivity index is 1.67. The maximum Gasteiger partial charge on any atom is 0.416 e. The fourth-order valence-corrected chi connectivity index (χ4v) is 4.31. The van der Waals surface area contributed by atoms with E-state index in [1.54, 1.807) is 0 Å². The first kappa shape index (κ1) is 21.4. The summed E-state index contributed by atoms with van der Waals surface area (Å²) in [5, 5.41) is 4.04. The first-order chi connectivity index (χ1) is 14.6. The molecule has 3 N–H and O–H groups in total. The molecule has 1 unspecified atom stereocenters. The SMILES string of the molecule is CC(=O)NC1CCN(c2nc(N(N)c3ccc(C)c(C(F)(F)F)c3)nc3c2CCC3)C1. The number of aromatic nitrogens is 2. The number of amides is 1. The first-order valence-corrected chi connectivity index (χ1v) is 10.3. The molecule has 0 saturated carbocycles. The highest BCUT2D eigenvalue weighted by Gasteiger charge is 2.34. The molecule has 2 heterocycles. The Kier molecular flexibility index (Phi) is 5.50. The molecule has 1 saturated heterocycles. The third-order valence-electron chi connectivity index (χ3n) is 5.81. The Morgan fingerprint density at radius 2 is 2.06 bits per heavy atom. The van der Waals surface area contributed by atoms with Gasteiger partial charge in [-0.25, -0.2) is 15.8 Å². The van der Waals surface area contributed by atoms with Gasteiger partial charge in [0.1, 0.15) is 5.82 Å². The molecule has 1 atom stereocenters. The van der Waals surface area contributed by atoms with Crippen LogP contribution in [-0.2, 0) is 23.8 Å². The van der Waals surface area contributed by atoms with Gasteiger partial charge in [0.25, 0.3) is 0 Å². The Labute approximate surface area is 178 Å². The van der Waals surface area contributed by atoms with Crippen LogP contribution in [0.5, 0.6) is 0 Å². The van der Waals surface area contributed by atoms with Gasteiger partial charge in [0.2, 0.25) is 11.9 Å². The summed E-state index contributed by atoms with van der Waals surface area (Å²) in [7, 11) is 0. The van der Waals surface area contributed by atoms with E-state index in [1.807, 2.05) is 0 Å². The minimum atomic E-state index is -4.47. The third-order valence-corrected chi connectivity index (χ3v) is 5.81. The fourth-order valence-electron chi connectivity index (χ4n) is 4.31. The van der Waals surface area contributed by atoms with Gasteiger partial charge in [-0.15, -0.1) is 0 Å². The van der Waals surface area contributed by atoms with Crippen LogP contribution in [0.1, 0.15) is 42.1 Å². The van der Waals surface area contributed by atoms with Crippen LogP contribution in [-0.4, -0.2) is 35.0 Å². The molecule has 2 aliphatic rings. The van der Waals surface area contributed by atoms with E-state index in [2.05, 4.69) is 20.2 Å². The van der Waals surface area contributed by atoms with Gasteiger partial charge in [0.15, 0.2) is 0 Å². The molecule has 0 bridgehead atoms. The number of nitrogens with zero attached hydrogens (tertiary/aromatic N) is 4. The topological polar surface area (TPSA) is 87.4 Å². The molecule has 31 heavy (non-hydrogen) atoms. The molecule has 10 heteroatoms. The van der Waals surface area contributed by atoms with Gasteiger partial charge in [0, 0.05) is 31.6 Å². The number of nitrogens with two attached hydrogens (primary N) is 1. The highest BCUT2D eigenvalue weighted by molar-refractivity contribution is 5.73. The zero-order chi connectivity index (χ0) is 22.3. The van der Waals surface area contributed by atoms with Gasteiger partial charge >= 0.3 is 6.18 Å². The first-order valence-electron chi connectivity index (χ1n) is 10.3. The molecular weight excluding hydrogens is 409 g/mol. The number of rotatable bonds is 4. The lowest BCUT2D eigenvalue weighted by atomic mass is 10.1. The van der Waals surface area contributed by atoms with Crippen molar-refractivity contribution in [1.29, 1.82) is 0 Å². The molecule has 1 aromatic heterocycles. The number of halogens is 3. The van der Waals surface area contributed by atoms with Crippen molar-refractivity contribution in [3.8, 4) is 0 Å². The number of fused-ring (bicyclic) bond motifs is 1. The fraction of sp³-hybridized carbons (Fsp3) is 0.476. The van der Waals surface area contributed by atoms with Gasteiger partial charge in [-0.3, -0.25) is 4.79 Å². The molecular formula is C21H25F3N6O. The van der Waals surface area contributed by atoms with E-state index in [1.165, 1.54) is 26.0 Å². The van der Waals surface area contributed by atoms with Crippen LogP contribution in [0.4, 0.5) is 30.6 Å². The van der Waals surface area contributed by atoms with E-state index >= 15 is 0 Å². The maximum absolute atomic E-state index is 13.3. The molecule has 2 aromatic rings. The van der Waals surface area contributed by atoms with E-state index in [9.17, 15) is 18.0 Å². The van der Waals surface area contributed by atoms with Crippen molar-refractivity contribution in [2.24, 2.45) is 5.84 Å². The maximum atomic E-state index is 13.3. The number of hydrogen-bond acceptors (Lipinski definition) is 6. The van der Waals surface area contributed by atoms with Crippen molar-refractivity contribution in [3.05, 3.63) is 40.6 Å². The van der Waals surface area contributed by atoms with Crippen LogP contribution < -0.4 is 21.1 Å². The molecule has 7 nitrogen and oxygen atoms in total. The standard InChI is InChI=1S/C21H25F3N6O/c1-12-6-7-15(10-17(12)21(22,23)24)30(25)20-27-18-5-3-4-16(18)19(28-20)29-9-8-14(11-29)26-13(2)31/h6-7,10,14H,3-5,8-9,11,25H2,1-2H3,(H,26,31). The summed E-state index contributed by atoms with van der Waals surface area (Å²) in [6.07, 6.45) is -1.11. The van der Waals surface area contributed by atoms with Gasteiger partial charge in [0.05, 0.1) is 16.9 Å². The van der Waals surface area contributed by atoms with Crippen LogP contribution in [0.25, 0.3) is 0 Å². The zero-order valence-electron chi connectivity index (χ0n) is 17.5. The van der Waals surface area contributed by atoms with Crippen LogP contribution in [0.3, 0.4) is 0 Å². The van der Waals surface area contributed by atoms with Crippen LogP contribution in [0.15, 0.2) is 18.2 Å². The number of carbonyl (C=O) groups excluding carboxylic acids is 1. The quantitative estimate of drug-likeness (QED) is 0.568. The Hall–Kier alpha value is -2.88. The van der Waals surface area contributed by atoms with E-state index in [4.69, 9.17) is 5.84 Å². The molecule has 1 fully saturated rings. The highest BCUT2D eigenvalue weighted by Crippen LogP contribution is 2.36. The number of anilines is 3. The molecule has 4 rings (SSSR count). The number of nitrogens with one attached hydrogen (secondary N) is 1. The predicted molar refractivity (Wildman–Crippen MR) is 111 cm³/mol. The van der Waals surface area contributed by atoms with Crippen molar-refractivity contribution < 1.29 is 18.0 Å². The number of benzene rings is 1. The largest absolute Gasteiger partial charge is 0.416 e. The average molecular weight is 434 g/mol. The summed E-state index contributed by atoms with van der Waals surface area (Å²) >= 11 is 0. The van der Waals surface area contributed by atoms with E-state index in [0.29, 0.717) is 6.54 Å². The predicted octanol–water partition coefficient (Wildman–Crippen LogP) is 3.02. The second-order valence-electron chi connectivity index (χ2n) is 8.13. The van der Waals surface area contributed by atoms with E-state index in [0.717, 1.165) is 60.4 Å². The lowest BCUT2D eigenvalue weighted by Crippen LogP contribution is -2.36. The normalized spacial score (nSPS) is 18.3. The number of aryl methyl sites for hydroxylation is 2.